The van der Waals surface area contributed by atoms with E-state index < -0.39 is 17.6 Å². The number of halogens is 3. The lowest BCUT2D eigenvalue weighted by Gasteiger charge is -2.30. The standard InChI is InChI=1S/C9H17F3N2O/c1-4-5-6-14(3)7(15)8(2,13)9(10,11)12/h4-6,13H2,1-3H3. The molecule has 0 aromatic heterocycles. The molecular formula is C9H17F3N2O. The molecule has 0 rings (SSSR count). The minimum absolute atomic E-state index is 0.290. The van der Waals surface area contributed by atoms with E-state index in [9.17, 15) is 18.0 Å². The van der Waals surface area contributed by atoms with Crippen molar-refractivity contribution in [2.75, 3.05) is 13.6 Å². The zero-order chi connectivity index (χ0) is 12.3. The number of nitrogens with zero attached hydrogens (tertiary/aromatic N) is 1. The van der Waals surface area contributed by atoms with Crippen molar-refractivity contribution in [3.63, 3.8) is 0 Å². The molecule has 3 nitrogen and oxygen atoms in total. The van der Waals surface area contributed by atoms with Crippen molar-refractivity contribution in [2.45, 2.75) is 38.4 Å². The summed E-state index contributed by atoms with van der Waals surface area (Å²) in [6.45, 7) is 2.87. The number of likely N-dealkylation sites (N-methyl/N-ethyl adjacent to an activating group) is 1. The Bertz CT molecular complexity index is 226. The topological polar surface area (TPSA) is 46.3 Å². The SMILES string of the molecule is CCCCN(C)C(=O)C(C)(N)C(F)(F)F. The van der Waals surface area contributed by atoms with Gasteiger partial charge in [0.25, 0.3) is 5.91 Å². The van der Waals surface area contributed by atoms with Crippen molar-refractivity contribution in [1.29, 1.82) is 0 Å². The van der Waals surface area contributed by atoms with Crippen molar-refractivity contribution in [2.24, 2.45) is 5.73 Å². The Hall–Kier alpha value is -0.780. The summed E-state index contributed by atoms with van der Waals surface area (Å²) < 4.78 is 37.2. The summed E-state index contributed by atoms with van der Waals surface area (Å²) >= 11 is 0. The van der Waals surface area contributed by atoms with Crippen LogP contribution in [0.3, 0.4) is 0 Å². The number of rotatable bonds is 4. The lowest BCUT2D eigenvalue weighted by molar-refractivity contribution is -0.193. The molecule has 0 saturated heterocycles. The van der Waals surface area contributed by atoms with Crippen LogP contribution in [0.1, 0.15) is 26.7 Å². The highest BCUT2D eigenvalue weighted by atomic mass is 19.4. The van der Waals surface area contributed by atoms with E-state index >= 15 is 0 Å². The zero-order valence-electron chi connectivity index (χ0n) is 9.19. The van der Waals surface area contributed by atoms with Gasteiger partial charge >= 0.3 is 6.18 Å². The average Bonchev–Trinajstić information content (AvgIpc) is 2.10. The molecule has 1 atom stereocenters. The Morgan fingerprint density at radius 3 is 2.20 bits per heavy atom. The minimum Gasteiger partial charge on any atom is -0.344 e. The predicted molar refractivity (Wildman–Crippen MR) is 51.2 cm³/mol. The predicted octanol–water partition coefficient (Wildman–Crippen LogP) is 1.52. The molecule has 0 aliphatic carbocycles. The maximum absolute atomic E-state index is 12.4. The number of alkyl halides is 3. The number of unbranched alkanes of at least 4 members (excludes halogenated alkanes) is 1. The molecule has 0 aromatic carbocycles. The fourth-order valence-electron chi connectivity index (χ4n) is 1.01. The van der Waals surface area contributed by atoms with E-state index in [-0.39, 0.29) is 6.54 Å². The van der Waals surface area contributed by atoms with E-state index in [0.29, 0.717) is 13.3 Å². The van der Waals surface area contributed by atoms with Gasteiger partial charge < -0.3 is 10.6 Å². The first kappa shape index (κ1) is 14.2. The number of nitrogens with two attached hydrogens (primary N) is 1. The molecule has 0 spiro atoms. The number of hydrogen-bond acceptors (Lipinski definition) is 2. The number of amides is 1. The van der Waals surface area contributed by atoms with Gasteiger partial charge in [-0.05, 0) is 13.3 Å². The van der Waals surface area contributed by atoms with Crippen LogP contribution in [0.5, 0.6) is 0 Å². The number of carbonyl (C=O) groups is 1. The quantitative estimate of drug-likeness (QED) is 0.790. The largest absolute Gasteiger partial charge is 0.415 e. The summed E-state index contributed by atoms with van der Waals surface area (Å²) in [7, 11) is 1.33. The highest BCUT2D eigenvalue weighted by molar-refractivity contribution is 5.86. The summed E-state index contributed by atoms with van der Waals surface area (Å²) in [6.07, 6.45) is -3.24. The van der Waals surface area contributed by atoms with Gasteiger partial charge in [-0.3, -0.25) is 4.79 Å². The van der Waals surface area contributed by atoms with Crippen LogP contribution in [0, 0.1) is 0 Å². The highest BCUT2D eigenvalue weighted by Crippen LogP contribution is 2.29. The third kappa shape index (κ3) is 3.37. The third-order valence-corrected chi connectivity index (χ3v) is 2.23. The summed E-state index contributed by atoms with van der Waals surface area (Å²) in [6, 6.07) is 0. The van der Waals surface area contributed by atoms with Gasteiger partial charge in [-0.1, -0.05) is 13.3 Å². The maximum Gasteiger partial charge on any atom is 0.415 e. The highest BCUT2D eigenvalue weighted by Gasteiger charge is 2.54. The second-order valence-electron chi connectivity index (χ2n) is 3.78. The first-order chi connectivity index (χ1) is 6.64. The molecular weight excluding hydrogens is 209 g/mol. The van der Waals surface area contributed by atoms with Crippen molar-refractivity contribution < 1.29 is 18.0 Å². The molecule has 0 saturated carbocycles. The average molecular weight is 226 g/mol. The summed E-state index contributed by atoms with van der Waals surface area (Å²) in [5, 5.41) is 0. The lowest BCUT2D eigenvalue weighted by Crippen LogP contribution is -2.61. The van der Waals surface area contributed by atoms with Crippen LogP contribution in [0.25, 0.3) is 0 Å². The Morgan fingerprint density at radius 2 is 1.87 bits per heavy atom. The van der Waals surface area contributed by atoms with E-state index in [4.69, 9.17) is 5.73 Å². The number of carbonyl (C=O) groups excluding carboxylic acids is 1. The molecule has 0 aliphatic heterocycles. The van der Waals surface area contributed by atoms with E-state index in [2.05, 4.69) is 0 Å². The molecule has 0 radical (unpaired) electrons. The van der Waals surface area contributed by atoms with Gasteiger partial charge in [0.2, 0.25) is 0 Å². The molecule has 15 heavy (non-hydrogen) atoms. The van der Waals surface area contributed by atoms with Crippen molar-refractivity contribution in [1.82, 2.24) is 4.90 Å². The molecule has 90 valence electrons. The normalized spacial score (nSPS) is 15.9. The zero-order valence-corrected chi connectivity index (χ0v) is 9.19. The van der Waals surface area contributed by atoms with Gasteiger partial charge in [-0.15, -0.1) is 0 Å². The lowest BCUT2D eigenvalue weighted by atomic mass is 10.0. The van der Waals surface area contributed by atoms with Crippen molar-refractivity contribution in [3.05, 3.63) is 0 Å². The van der Waals surface area contributed by atoms with Crippen LogP contribution < -0.4 is 5.73 Å². The Kier molecular flexibility index (Phi) is 4.58. The first-order valence-corrected chi connectivity index (χ1v) is 4.75. The fourth-order valence-corrected chi connectivity index (χ4v) is 1.01. The van der Waals surface area contributed by atoms with Gasteiger partial charge in [0.05, 0.1) is 0 Å². The van der Waals surface area contributed by atoms with Gasteiger partial charge in [-0.2, -0.15) is 13.2 Å². The van der Waals surface area contributed by atoms with E-state index in [1.807, 2.05) is 6.92 Å². The molecule has 0 heterocycles. The summed E-state index contributed by atoms with van der Waals surface area (Å²) in [4.78, 5) is 12.4. The Balaban J connectivity index is 4.56. The minimum atomic E-state index is -4.72. The Morgan fingerprint density at radius 1 is 1.40 bits per heavy atom. The van der Waals surface area contributed by atoms with E-state index in [1.165, 1.54) is 7.05 Å². The van der Waals surface area contributed by atoms with Crippen LogP contribution in [0.4, 0.5) is 13.2 Å². The monoisotopic (exact) mass is 226 g/mol. The number of hydrogen-bond donors (Lipinski definition) is 1. The van der Waals surface area contributed by atoms with Gasteiger partial charge in [0.15, 0.2) is 5.54 Å². The molecule has 0 fully saturated rings. The summed E-state index contributed by atoms with van der Waals surface area (Å²) in [5.41, 5.74) is 2.20. The van der Waals surface area contributed by atoms with Crippen molar-refractivity contribution in [3.8, 4) is 0 Å². The molecule has 0 bridgehead atoms. The van der Waals surface area contributed by atoms with Gasteiger partial charge in [0, 0.05) is 13.6 Å². The summed E-state index contributed by atoms with van der Waals surface area (Å²) in [5.74, 6) is -1.09. The molecule has 0 aliphatic rings. The fraction of sp³-hybridized carbons (Fsp3) is 0.889. The maximum atomic E-state index is 12.4. The smallest absolute Gasteiger partial charge is 0.344 e. The molecule has 1 amide bonds. The van der Waals surface area contributed by atoms with E-state index in [1.54, 1.807) is 0 Å². The van der Waals surface area contributed by atoms with Crippen LogP contribution in [0.15, 0.2) is 0 Å². The van der Waals surface area contributed by atoms with E-state index in [0.717, 1.165) is 11.3 Å². The van der Waals surface area contributed by atoms with Crippen LogP contribution in [-0.4, -0.2) is 36.1 Å². The molecule has 1 unspecified atom stereocenters. The van der Waals surface area contributed by atoms with Gasteiger partial charge in [-0.25, -0.2) is 0 Å². The van der Waals surface area contributed by atoms with Gasteiger partial charge in [0.1, 0.15) is 0 Å². The van der Waals surface area contributed by atoms with Crippen LogP contribution >= 0.6 is 0 Å². The second kappa shape index (κ2) is 4.83. The first-order valence-electron chi connectivity index (χ1n) is 4.75. The third-order valence-electron chi connectivity index (χ3n) is 2.23. The van der Waals surface area contributed by atoms with Crippen LogP contribution in [-0.2, 0) is 4.79 Å². The van der Waals surface area contributed by atoms with Crippen molar-refractivity contribution >= 4 is 5.91 Å². The molecule has 0 aromatic rings. The van der Waals surface area contributed by atoms with Crippen LogP contribution in [0.2, 0.25) is 0 Å². The molecule has 6 heteroatoms. The Labute approximate surface area is 87.4 Å². The second-order valence-corrected chi connectivity index (χ2v) is 3.78. The molecule has 2 N–H and O–H groups in total.